The van der Waals surface area contributed by atoms with Gasteiger partial charge in [0.15, 0.2) is 0 Å². The van der Waals surface area contributed by atoms with E-state index >= 15 is 0 Å². The predicted molar refractivity (Wildman–Crippen MR) is 87.7 cm³/mol. The van der Waals surface area contributed by atoms with Crippen LogP contribution < -0.4 is 0 Å². The second kappa shape index (κ2) is 5.69. The van der Waals surface area contributed by atoms with Gasteiger partial charge >= 0.3 is 0 Å². The van der Waals surface area contributed by atoms with E-state index in [1.807, 2.05) is 18.7 Å². The van der Waals surface area contributed by atoms with E-state index in [1.165, 1.54) is 17.5 Å². The Hall–Kier alpha value is -1.35. The number of rotatable bonds is 4. The van der Waals surface area contributed by atoms with Gasteiger partial charge in [0.2, 0.25) is 5.91 Å². The number of carbonyl (C=O) groups is 1. The Labute approximate surface area is 133 Å². The van der Waals surface area contributed by atoms with Crippen molar-refractivity contribution >= 4 is 5.91 Å². The number of carbonyl (C=O) groups excluding carboxylic acids is 1. The number of benzene rings is 1. The van der Waals surface area contributed by atoms with Crippen molar-refractivity contribution in [3.63, 3.8) is 0 Å². The lowest BCUT2D eigenvalue weighted by Crippen LogP contribution is -2.43. The number of nitrogens with zero attached hydrogens (tertiary/aromatic N) is 1. The number of aliphatic hydroxyl groups excluding tert-OH is 1. The molecule has 3 nitrogen and oxygen atoms in total. The summed E-state index contributed by atoms with van der Waals surface area (Å²) in [5, 5.41) is 9.69. The van der Waals surface area contributed by atoms with Gasteiger partial charge in [0.1, 0.15) is 0 Å². The molecule has 3 rings (SSSR count). The minimum Gasteiger partial charge on any atom is -0.392 e. The van der Waals surface area contributed by atoms with E-state index < -0.39 is 6.10 Å². The first-order valence-corrected chi connectivity index (χ1v) is 8.52. The molecule has 1 N–H and O–H groups in total. The Morgan fingerprint density at radius 1 is 1.36 bits per heavy atom. The zero-order valence-corrected chi connectivity index (χ0v) is 13.9. The van der Waals surface area contributed by atoms with E-state index in [2.05, 4.69) is 24.3 Å². The SMILES string of the molecule is CC(O)CN(C(=O)C1CC12CCCc1ccccc12)C(C)C. The average Bonchev–Trinajstić information content (AvgIpc) is 3.19. The van der Waals surface area contributed by atoms with Gasteiger partial charge < -0.3 is 10.0 Å². The predicted octanol–water partition coefficient (Wildman–Crippen LogP) is 2.90. The number of hydrogen-bond donors (Lipinski definition) is 1. The van der Waals surface area contributed by atoms with Crippen molar-refractivity contribution in [2.45, 2.75) is 64.0 Å². The molecule has 0 saturated heterocycles. The highest BCUT2D eigenvalue weighted by Crippen LogP contribution is 2.60. The van der Waals surface area contributed by atoms with Crippen LogP contribution in [0.5, 0.6) is 0 Å². The third-order valence-corrected chi connectivity index (χ3v) is 5.36. The van der Waals surface area contributed by atoms with Crippen LogP contribution in [0.2, 0.25) is 0 Å². The van der Waals surface area contributed by atoms with Gasteiger partial charge in [-0.1, -0.05) is 24.3 Å². The molecule has 3 heteroatoms. The second-order valence-corrected chi connectivity index (χ2v) is 7.36. The smallest absolute Gasteiger partial charge is 0.226 e. The van der Waals surface area contributed by atoms with Crippen molar-refractivity contribution < 1.29 is 9.90 Å². The molecular weight excluding hydrogens is 274 g/mol. The van der Waals surface area contributed by atoms with Gasteiger partial charge in [-0.05, 0) is 57.6 Å². The minimum atomic E-state index is -0.473. The van der Waals surface area contributed by atoms with E-state index in [9.17, 15) is 9.90 Å². The fourth-order valence-corrected chi connectivity index (χ4v) is 4.20. The standard InChI is InChI=1S/C19H27NO2/c1-13(2)20(12-14(3)21)18(22)17-11-19(17)10-6-8-15-7-4-5-9-16(15)19/h4-5,7,9,13-14,17,21H,6,8,10-12H2,1-3H3. The van der Waals surface area contributed by atoms with Crippen LogP contribution in [0.3, 0.4) is 0 Å². The van der Waals surface area contributed by atoms with Crippen LogP contribution in [0.4, 0.5) is 0 Å². The fourth-order valence-electron chi connectivity index (χ4n) is 4.20. The first-order valence-electron chi connectivity index (χ1n) is 8.52. The molecule has 22 heavy (non-hydrogen) atoms. The van der Waals surface area contributed by atoms with Gasteiger partial charge in [-0.15, -0.1) is 0 Å². The molecular formula is C19H27NO2. The Kier molecular flexibility index (Phi) is 4.02. The van der Waals surface area contributed by atoms with Crippen LogP contribution in [0.25, 0.3) is 0 Å². The zero-order valence-electron chi connectivity index (χ0n) is 13.9. The maximum absolute atomic E-state index is 13.0. The molecule has 0 radical (unpaired) electrons. The number of aliphatic hydroxyl groups is 1. The van der Waals surface area contributed by atoms with Crippen molar-refractivity contribution in [3.8, 4) is 0 Å². The van der Waals surface area contributed by atoms with Crippen LogP contribution in [0.1, 0.15) is 51.2 Å². The highest BCUT2D eigenvalue weighted by atomic mass is 16.3. The molecule has 0 aromatic heterocycles. The van der Waals surface area contributed by atoms with Crippen LogP contribution in [-0.4, -0.2) is 34.6 Å². The lowest BCUT2D eigenvalue weighted by atomic mass is 9.78. The minimum absolute atomic E-state index is 0.0811. The molecule has 2 aliphatic rings. The van der Waals surface area contributed by atoms with Crippen LogP contribution >= 0.6 is 0 Å². The zero-order chi connectivity index (χ0) is 15.9. The second-order valence-electron chi connectivity index (χ2n) is 7.36. The maximum Gasteiger partial charge on any atom is 0.226 e. The lowest BCUT2D eigenvalue weighted by Gasteiger charge is -2.31. The summed E-state index contributed by atoms with van der Waals surface area (Å²) in [7, 11) is 0. The summed E-state index contributed by atoms with van der Waals surface area (Å²) in [4.78, 5) is 14.8. The Morgan fingerprint density at radius 3 is 2.77 bits per heavy atom. The molecule has 3 atom stereocenters. The van der Waals surface area contributed by atoms with Gasteiger partial charge in [0.05, 0.1) is 6.10 Å². The van der Waals surface area contributed by atoms with E-state index in [0.29, 0.717) is 6.54 Å². The van der Waals surface area contributed by atoms with Crippen LogP contribution in [0, 0.1) is 5.92 Å². The molecule has 0 bridgehead atoms. The summed E-state index contributed by atoms with van der Waals surface area (Å²) in [6.45, 7) is 6.25. The summed E-state index contributed by atoms with van der Waals surface area (Å²) in [5.74, 6) is 0.336. The molecule has 1 aromatic rings. The van der Waals surface area contributed by atoms with Crippen molar-refractivity contribution in [1.82, 2.24) is 4.90 Å². The topological polar surface area (TPSA) is 40.5 Å². The van der Waals surface area contributed by atoms with E-state index in [-0.39, 0.29) is 23.3 Å². The number of amides is 1. The van der Waals surface area contributed by atoms with E-state index in [1.54, 1.807) is 6.92 Å². The van der Waals surface area contributed by atoms with E-state index in [4.69, 9.17) is 0 Å². The molecule has 1 spiro atoms. The molecule has 1 aromatic carbocycles. The third-order valence-electron chi connectivity index (χ3n) is 5.36. The summed E-state index contributed by atoms with van der Waals surface area (Å²) in [6.07, 6.45) is 3.95. The first kappa shape index (κ1) is 15.5. The van der Waals surface area contributed by atoms with Crippen molar-refractivity contribution in [2.24, 2.45) is 5.92 Å². The molecule has 1 saturated carbocycles. The highest BCUT2D eigenvalue weighted by Gasteiger charge is 2.61. The number of hydrogen-bond acceptors (Lipinski definition) is 2. The van der Waals surface area contributed by atoms with Crippen molar-refractivity contribution in [3.05, 3.63) is 35.4 Å². The molecule has 0 heterocycles. The molecule has 3 unspecified atom stereocenters. The lowest BCUT2D eigenvalue weighted by molar-refractivity contribution is -0.136. The summed E-state index contributed by atoms with van der Waals surface area (Å²) >= 11 is 0. The van der Waals surface area contributed by atoms with Gasteiger partial charge in [-0.2, -0.15) is 0 Å². The first-order chi connectivity index (χ1) is 10.5. The van der Waals surface area contributed by atoms with Crippen LogP contribution in [-0.2, 0) is 16.6 Å². The molecule has 120 valence electrons. The van der Waals surface area contributed by atoms with Gasteiger partial charge in [0, 0.05) is 23.9 Å². The van der Waals surface area contributed by atoms with Gasteiger partial charge in [-0.3, -0.25) is 4.79 Å². The van der Waals surface area contributed by atoms with Gasteiger partial charge in [-0.25, -0.2) is 0 Å². The monoisotopic (exact) mass is 301 g/mol. The maximum atomic E-state index is 13.0. The van der Waals surface area contributed by atoms with Crippen molar-refractivity contribution in [1.29, 1.82) is 0 Å². The summed E-state index contributed by atoms with van der Waals surface area (Å²) < 4.78 is 0. The Balaban J connectivity index is 1.83. The highest BCUT2D eigenvalue weighted by molar-refractivity contribution is 5.85. The Morgan fingerprint density at radius 2 is 2.09 bits per heavy atom. The quantitative estimate of drug-likeness (QED) is 0.929. The Bertz CT molecular complexity index is 566. The van der Waals surface area contributed by atoms with Crippen molar-refractivity contribution in [2.75, 3.05) is 6.54 Å². The largest absolute Gasteiger partial charge is 0.392 e. The molecule has 0 aliphatic heterocycles. The average molecular weight is 301 g/mol. The number of fused-ring (bicyclic) bond motifs is 2. The van der Waals surface area contributed by atoms with Crippen LogP contribution in [0.15, 0.2) is 24.3 Å². The van der Waals surface area contributed by atoms with E-state index in [0.717, 1.165) is 19.3 Å². The third kappa shape index (κ3) is 2.56. The molecule has 1 fully saturated rings. The summed E-state index contributed by atoms with van der Waals surface area (Å²) in [6, 6.07) is 8.77. The number of aryl methyl sites for hydroxylation is 1. The molecule has 2 aliphatic carbocycles. The van der Waals surface area contributed by atoms with Gasteiger partial charge in [0.25, 0.3) is 0 Å². The fraction of sp³-hybridized carbons (Fsp3) is 0.632. The normalized spacial score (nSPS) is 27.6. The molecule has 1 amide bonds. The summed E-state index contributed by atoms with van der Waals surface area (Å²) in [5.41, 5.74) is 2.91.